The Kier molecular flexibility index (Phi) is 4.86. The third kappa shape index (κ3) is 4.31. The van der Waals surface area contributed by atoms with Crippen molar-refractivity contribution in [3.63, 3.8) is 0 Å². The van der Waals surface area contributed by atoms with Crippen LogP contribution in [-0.2, 0) is 4.79 Å². The molecule has 0 heterocycles. The molecule has 2 amide bonds. The van der Waals surface area contributed by atoms with E-state index in [1.54, 1.807) is 36.2 Å². The first kappa shape index (κ1) is 16.5. The third-order valence-corrected chi connectivity index (χ3v) is 3.91. The van der Waals surface area contributed by atoms with Crippen LogP contribution in [0.5, 0.6) is 0 Å². The molecule has 3 N–H and O–H groups in total. The maximum atomic E-state index is 12.4. The number of amides is 2. The van der Waals surface area contributed by atoms with E-state index in [1.165, 1.54) is 0 Å². The zero-order valence-corrected chi connectivity index (χ0v) is 13.6. The molecule has 0 aromatic heterocycles. The van der Waals surface area contributed by atoms with Crippen LogP contribution in [0.15, 0.2) is 24.3 Å². The SMILES string of the molecule is CN(CC(C)(C)CN)C(=O)c1ccc(NC(=O)C2CC2)cc1. The van der Waals surface area contributed by atoms with E-state index in [2.05, 4.69) is 5.32 Å². The maximum absolute atomic E-state index is 12.4. The summed E-state index contributed by atoms with van der Waals surface area (Å²) in [5, 5.41) is 2.87. The van der Waals surface area contributed by atoms with Gasteiger partial charge in [0.2, 0.25) is 5.91 Å². The van der Waals surface area contributed by atoms with E-state index in [0.717, 1.165) is 18.5 Å². The highest BCUT2D eigenvalue weighted by Crippen LogP contribution is 2.30. The Labute approximate surface area is 131 Å². The molecule has 0 spiro atoms. The van der Waals surface area contributed by atoms with Crippen molar-refractivity contribution in [3.8, 4) is 0 Å². The summed E-state index contributed by atoms with van der Waals surface area (Å²) in [6, 6.07) is 7.04. The predicted octanol–water partition coefficient (Wildman–Crippen LogP) is 2.09. The summed E-state index contributed by atoms with van der Waals surface area (Å²) in [5.41, 5.74) is 6.95. The molecule has 0 unspecified atom stereocenters. The number of benzene rings is 1. The Bertz CT molecular complexity index is 548. The molecule has 0 atom stereocenters. The molecule has 0 aliphatic heterocycles. The molecular weight excluding hydrogens is 278 g/mol. The molecule has 0 bridgehead atoms. The number of carbonyl (C=O) groups is 2. The van der Waals surface area contributed by atoms with Gasteiger partial charge in [0.25, 0.3) is 5.91 Å². The van der Waals surface area contributed by atoms with Crippen LogP contribution in [0.2, 0.25) is 0 Å². The van der Waals surface area contributed by atoms with Gasteiger partial charge < -0.3 is 16.0 Å². The van der Waals surface area contributed by atoms with E-state index in [9.17, 15) is 9.59 Å². The Morgan fingerprint density at radius 3 is 2.36 bits per heavy atom. The van der Waals surface area contributed by atoms with Crippen LogP contribution >= 0.6 is 0 Å². The molecule has 5 heteroatoms. The summed E-state index contributed by atoms with van der Waals surface area (Å²) in [6.45, 7) is 5.19. The van der Waals surface area contributed by atoms with Crippen LogP contribution < -0.4 is 11.1 Å². The lowest BCUT2D eigenvalue weighted by Crippen LogP contribution is -2.39. The highest BCUT2D eigenvalue weighted by molar-refractivity contribution is 5.96. The van der Waals surface area contributed by atoms with Gasteiger partial charge >= 0.3 is 0 Å². The zero-order valence-electron chi connectivity index (χ0n) is 13.6. The first-order chi connectivity index (χ1) is 10.3. The van der Waals surface area contributed by atoms with Gasteiger partial charge in [0.1, 0.15) is 0 Å². The number of carbonyl (C=O) groups excluding carboxylic acids is 2. The summed E-state index contributed by atoms with van der Waals surface area (Å²) in [5.74, 6) is 0.202. The third-order valence-electron chi connectivity index (χ3n) is 3.91. The average Bonchev–Trinajstić information content (AvgIpc) is 3.31. The fourth-order valence-electron chi connectivity index (χ4n) is 2.28. The van der Waals surface area contributed by atoms with Gasteiger partial charge in [0, 0.05) is 30.8 Å². The van der Waals surface area contributed by atoms with E-state index in [1.807, 2.05) is 13.8 Å². The molecule has 5 nitrogen and oxygen atoms in total. The fourth-order valence-corrected chi connectivity index (χ4v) is 2.28. The molecule has 2 rings (SSSR count). The molecular formula is C17H25N3O2. The van der Waals surface area contributed by atoms with Crippen molar-refractivity contribution in [2.75, 3.05) is 25.5 Å². The number of hydrogen-bond acceptors (Lipinski definition) is 3. The van der Waals surface area contributed by atoms with Crippen LogP contribution in [0.3, 0.4) is 0 Å². The van der Waals surface area contributed by atoms with Crippen molar-refractivity contribution < 1.29 is 9.59 Å². The standard InChI is InChI=1S/C17H25N3O2/c1-17(2,10-18)11-20(3)16(22)13-6-8-14(9-7-13)19-15(21)12-4-5-12/h6-9,12H,4-5,10-11,18H2,1-3H3,(H,19,21). The van der Waals surface area contributed by atoms with Gasteiger partial charge in [-0.25, -0.2) is 0 Å². The van der Waals surface area contributed by atoms with Crippen molar-refractivity contribution in [2.45, 2.75) is 26.7 Å². The quantitative estimate of drug-likeness (QED) is 0.845. The minimum absolute atomic E-state index is 0.0402. The van der Waals surface area contributed by atoms with E-state index < -0.39 is 0 Å². The van der Waals surface area contributed by atoms with Crippen LogP contribution in [0, 0.1) is 11.3 Å². The van der Waals surface area contributed by atoms with Gasteiger partial charge in [-0.05, 0) is 49.1 Å². The summed E-state index contributed by atoms with van der Waals surface area (Å²) in [7, 11) is 1.78. The lowest BCUT2D eigenvalue weighted by Gasteiger charge is -2.29. The molecule has 0 saturated heterocycles. The van der Waals surface area contributed by atoms with Crippen LogP contribution in [0.1, 0.15) is 37.0 Å². The summed E-state index contributed by atoms with van der Waals surface area (Å²) < 4.78 is 0. The van der Waals surface area contributed by atoms with Crippen molar-refractivity contribution in [1.82, 2.24) is 4.90 Å². The van der Waals surface area contributed by atoms with Crippen molar-refractivity contribution in [2.24, 2.45) is 17.1 Å². The molecule has 22 heavy (non-hydrogen) atoms. The van der Waals surface area contributed by atoms with E-state index in [0.29, 0.717) is 18.7 Å². The highest BCUT2D eigenvalue weighted by Gasteiger charge is 2.29. The first-order valence-electron chi connectivity index (χ1n) is 7.69. The van der Waals surface area contributed by atoms with Crippen molar-refractivity contribution in [1.29, 1.82) is 0 Å². The number of rotatable bonds is 6. The van der Waals surface area contributed by atoms with Gasteiger partial charge in [-0.1, -0.05) is 13.8 Å². The molecule has 1 aromatic rings. The predicted molar refractivity (Wildman–Crippen MR) is 87.6 cm³/mol. The normalized spacial score (nSPS) is 14.5. The average molecular weight is 303 g/mol. The number of nitrogens with zero attached hydrogens (tertiary/aromatic N) is 1. The number of anilines is 1. The molecule has 1 aromatic carbocycles. The van der Waals surface area contributed by atoms with Crippen molar-refractivity contribution >= 4 is 17.5 Å². The molecule has 1 saturated carbocycles. The lowest BCUT2D eigenvalue weighted by molar-refractivity contribution is -0.117. The second kappa shape index (κ2) is 6.48. The van der Waals surface area contributed by atoms with Crippen LogP contribution in [0.4, 0.5) is 5.69 Å². The van der Waals surface area contributed by atoms with E-state index in [-0.39, 0.29) is 23.1 Å². The Morgan fingerprint density at radius 2 is 1.86 bits per heavy atom. The summed E-state index contributed by atoms with van der Waals surface area (Å²) in [4.78, 5) is 25.8. The van der Waals surface area contributed by atoms with Crippen LogP contribution in [0.25, 0.3) is 0 Å². The van der Waals surface area contributed by atoms with Gasteiger partial charge in [-0.15, -0.1) is 0 Å². The zero-order chi connectivity index (χ0) is 16.3. The molecule has 1 aliphatic carbocycles. The van der Waals surface area contributed by atoms with Gasteiger partial charge in [-0.2, -0.15) is 0 Å². The molecule has 1 fully saturated rings. The maximum Gasteiger partial charge on any atom is 0.253 e. The summed E-state index contributed by atoms with van der Waals surface area (Å²) >= 11 is 0. The van der Waals surface area contributed by atoms with Gasteiger partial charge in [0.05, 0.1) is 0 Å². The van der Waals surface area contributed by atoms with E-state index >= 15 is 0 Å². The molecule has 1 aliphatic rings. The van der Waals surface area contributed by atoms with Gasteiger partial charge in [-0.3, -0.25) is 9.59 Å². The molecule has 0 radical (unpaired) electrons. The molecule has 120 valence electrons. The monoisotopic (exact) mass is 303 g/mol. The number of hydrogen-bond donors (Lipinski definition) is 2. The topological polar surface area (TPSA) is 75.4 Å². The van der Waals surface area contributed by atoms with E-state index in [4.69, 9.17) is 5.73 Å². The second-order valence-electron chi connectivity index (χ2n) is 6.87. The highest BCUT2D eigenvalue weighted by atomic mass is 16.2. The Morgan fingerprint density at radius 1 is 1.27 bits per heavy atom. The minimum Gasteiger partial charge on any atom is -0.341 e. The largest absolute Gasteiger partial charge is 0.341 e. The van der Waals surface area contributed by atoms with Gasteiger partial charge in [0.15, 0.2) is 0 Å². The number of nitrogens with one attached hydrogen (secondary N) is 1. The van der Waals surface area contributed by atoms with Crippen molar-refractivity contribution in [3.05, 3.63) is 29.8 Å². The number of nitrogens with two attached hydrogens (primary N) is 1. The Hall–Kier alpha value is -1.88. The lowest BCUT2D eigenvalue weighted by atomic mass is 9.93. The minimum atomic E-state index is -0.109. The Balaban J connectivity index is 1.96. The first-order valence-corrected chi connectivity index (χ1v) is 7.69. The second-order valence-corrected chi connectivity index (χ2v) is 6.87. The summed E-state index contributed by atoms with van der Waals surface area (Å²) in [6.07, 6.45) is 1.95. The fraction of sp³-hybridized carbons (Fsp3) is 0.529. The van der Waals surface area contributed by atoms with Crippen LogP contribution in [-0.4, -0.2) is 36.9 Å². The smallest absolute Gasteiger partial charge is 0.253 e.